The van der Waals surface area contributed by atoms with Crippen molar-refractivity contribution in [1.29, 1.82) is 0 Å². The number of esters is 4. The molecule has 4 aromatic rings. The van der Waals surface area contributed by atoms with Crippen LogP contribution in [0.5, 0.6) is 23.0 Å². The Kier molecular flexibility index (Phi) is 23.8. The van der Waals surface area contributed by atoms with Crippen molar-refractivity contribution in [2.75, 3.05) is 26.4 Å². The Morgan fingerprint density at radius 3 is 0.644 bits per heavy atom. The first-order valence-electron chi connectivity index (χ1n) is 31.2. The van der Waals surface area contributed by atoms with Crippen molar-refractivity contribution in [1.82, 2.24) is 0 Å². The number of carbonyl (C=O) groups is 4. The topological polar surface area (TPSA) is 195 Å². The molecular weight excluding hydrogens is 1100 g/mol. The molecule has 2 atom stereocenters. The van der Waals surface area contributed by atoms with Crippen LogP contribution in [-0.2, 0) is 112 Å². The zero-order valence-corrected chi connectivity index (χ0v) is 57.7. The van der Waals surface area contributed by atoms with Gasteiger partial charge in [-0.15, -0.1) is 0 Å². The predicted octanol–water partition coefficient (Wildman–Crippen LogP) is 15.6. The number of phenols is 4. The summed E-state index contributed by atoms with van der Waals surface area (Å²) in [5.74, 6) is -1.30. The van der Waals surface area contributed by atoms with E-state index in [4.69, 9.17) is 23.7 Å². The molecule has 13 nitrogen and oxygen atoms in total. The predicted molar refractivity (Wildman–Crippen MR) is 348 cm³/mol. The second kappa shape index (κ2) is 28.2. The monoisotopic (exact) mass is 1210 g/mol. The highest BCUT2D eigenvalue weighted by molar-refractivity contribution is 5.72. The molecule has 0 amide bonds. The quantitative estimate of drug-likeness (QED) is 0.0429. The Morgan fingerprint density at radius 1 is 0.299 bits per heavy atom. The van der Waals surface area contributed by atoms with E-state index in [1.54, 1.807) is 0 Å². The summed E-state index contributed by atoms with van der Waals surface area (Å²) in [7, 11) is 0. The lowest BCUT2D eigenvalue weighted by atomic mass is 9.78. The average molecular weight is 1210 g/mol. The molecule has 0 aromatic heterocycles. The van der Waals surface area contributed by atoms with Gasteiger partial charge in [0.05, 0.1) is 13.2 Å². The average Bonchev–Trinajstić information content (AvgIpc) is 1.13. The summed E-state index contributed by atoms with van der Waals surface area (Å²) in [6.07, 6.45) is -1.06. The standard InChI is InChI=1S/C74H110O13/c1-67(2,3)51-33-45(34-52(63(51)79)68(4,5)6)25-29-59(75)84-43-49(86-61(77)31-27-47-37-55(71(13,14)15)65(81)56(38-47)72(16,17)18)41-83-42-50(87-62(78)32-28-48-39-57(73(19,20)21)66(82)58(40-48)74(22,23)24)44-85-60(76)30-26-46-35-53(69(7,8)9)64(80)54(36-46)70(10,11)12/h33-40,49-50,79-82H,25-32,41-44H2,1-24H3. The molecule has 2 unspecified atom stereocenters. The van der Waals surface area contributed by atoms with Gasteiger partial charge in [0, 0.05) is 25.7 Å². The number of phenolic OH excluding ortho intramolecular Hbond substituents is 4. The van der Waals surface area contributed by atoms with Gasteiger partial charge in [0.15, 0.2) is 12.2 Å². The first-order valence-corrected chi connectivity index (χ1v) is 31.2. The van der Waals surface area contributed by atoms with Gasteiger partial charge >= 0.3 is 23.9 Å². The fraction of sp³-hybridized carbons (Fsp3) is 0.622. The first-order chi connectivity index (χ1) is 39.5. The lowest BCUT2D eigenvalue weighted by molar-refractivity contribution is -0.168. The zero-order chi connectivity index (χ0) is 66.4. The second-order valence-corrected chi connectivity index (χ2v) is 32.3. The second-order valence-electron chi connectivity index (χ2n) is 32.3. The molecule has 0 heterocycles. The number of ether oxygens (including phenoxy) is 5. The van der Waals surface area contributed by atoms with E-state index in [1.807, 2.05) is 215 Å². The van der Waals surface area contributed by atoms with E-state index in [-0.39, 0.29) is 118 Å². The number of hydrogen-bond acceptors (Lipinski definition) is 13. The maximum Gasteiger partial charge on any atom is 0.306 e. The molecule has 0 spiro atoms. The van der Waals surface area contributed by atoms with E-state index in [9.17, 15) is 39.6 Å². The molecule has 0 saturated heterocycles. The van der Waals surface area contributed by atoms with Crippen molar-refractivity contribution in [3.05, 3.63) is 115 Å². The molecule has 13 heteroatoms. The van der Waals surface area contributed by atoms with Crippen LogP contribution in [0.4, 0.5) is 0 Å². The summed E-state index contributed by atoms with van der Waals surface area (Å²) < 4.78 is 30.0. The molecule has 0 aliphatic heterocycles. The molecule has 4 N–H and O–H groups in total. The van der Waals surface area contributed by atoms with Crippen LogP contribution in [0.1, 0.15) is 259 Å². The van der Waals surface area contributed by atoms with Crippen molar-refractivity contribution in [2.45, 2.75) is 273 Å². The molecule has 0 radical (unpaired) electrons. The fourth-order valence-electron chi connectivity index (χ4n) is 10.5. The lowest BCUT2D eigenvalue weighted by Gasteiger charge is -2.28. The summed E-state index contributed by atoms with van der Waals surface area (Å²) in [5, 5.41) is 45.4. The van der Waals surface area contributed by atoms with Crippen LogP contribution in [0.25, 0.3) is 0 Å². The van der Waals surface area contributed by atoms with E-state index >= 15 is 0 Å². The van der Waals surface area contributed by atoms with E-state index in [2.05, 4.69) is 0 Å². The van der Waals surface area contributed by atoms with Crippen LogP contribution in [0.3, 0.4) is 0 Å². The third-order valence-corrected chi connectivity index (χ3v) is 15.7. The molecule has 0 saturated carbocycles. The molecule has 4 rings (SSSR count). The van der Waals surface area contributed by atoms with Crippen LogP contribution in [-0.4, -0.2) is 82.9 Å². The molecule has 0 fully saturated rings. The van der Waals surface area contributed by atoms with E-state index < -0.39 is 36.1 Å². The number of benzene rings is 4. The zero-order valence-electron chi connectivity index (χ0n) is 57.7. The van der Waals surface area contributed by atoms with Crippen LogP contribution >= 0.6 is 0 Å². The van der Waals surface area contributed by atoms with Gasteiger partial charge in [0.25, 0.3) is 0 Å². The lowest BCUT2D eigenvalue weighted by Crippen LogP contribution is -2.34. The van der Waals surface area contributed by atoms with E-state index in [0.717, 1.165) is 66.8 Å². The third kappa shape index (κ3) is 21.6. The van der Waals surface area contributed by atoms with Gasteiger partial charge in [-0.3, -0.25) is 19.2 Å². The maximum absolute atomic E-state index is 13.9. The van der Waals surface area contributed by atoms with Gasteiger partial charge in [-0.1, -0.05) is 215 Å². The number of rotatable bonds is 22. The minimum Gasteiger partial charge on any atom is -0.507 e. The molecule has 4 aromatic carbocycles. The summed E-state index contributed by atoms with van der Waals surface area (Å²) in [5.41, 5.74) is 6.56. The van der Waals surface area contributed by atoms with Gasteiger partial charge in [-0.05, 0) is 136 Å². The summed E-state index contributed by atoms with van der Waals surface area (Å²) in [4.78, 5) is 55.1. The van der Waals surface area contributed by atoms with Crippen molar-refractivity contribution < 1.29 is 63.3 Å². The molecule has 484 valence electrons. The van der Waals surface area contributed by atoms with Crippen LogP contribution < -0.4 is 0 Å². The Bertz CT molecular complexity index is 2700. The molecular formula is C74H110O13. The molecule has 0 aliphatic rings. The smallest absolute Gasteiger partial charge is 0.306 e. The molecule has 0 aliphatic carbocycles. The van der Waals surface area contributed by atoms with Crippen molar-refractivity contribution in [3.8, 4) is 23.0 Å². The number of aromatic hydroxyl groups is 4. The van der Waals surface area contributed by atoms with Crippen molar-refractivity contribution in [3.63, 3.8) is 0 Å². The molecule has 87 heavy (non-hydrogen) atoms. The van der Waals surface area contributed by atoms with Crippen LogP contribution in [0, 0.1) is 0 Å². The Labute approximate surface area is 522 Å². The summed E-state index contributed by atoms with van der Waals surface area (Å²) in [6.45, 7) is 47.4. The summed E-state index contributed by atoms with van der Waals surface area (Å²) >= 11 is 0. The largest absolute Gasteiger partial charge is 0.507 e. The van der Waals surface area contributed by atoms with Crippen LogP contribution in [0.2, 0.25) is 0 Å². The number of aryl methyl sites for hydroxylation is 4. The first kappa shape index (κ1) is 73.4. The fourth-order valence-corrected chi connectivity index (χ4v) is 10.5. The van der Waals surface area contributed by atoms with E-state index in [1.165, 1.54) is 0 Å². The maximum atomic E-state index is 13.9. The Morgan fingerprint density at radius 2 is 0.471 bits per heavy atom. The minimum atomic E-state index is -1.10. The van der Waals surface area contributed by atoms with Gasteiger partial charge < -0.3 is 44.1 Å². The van der Waals surface area contributed by atoms with Gasteiger partial charge in [0.1, 0.15) is 36.2 Å². The highest BCUT2D eigenvalue weighted by Crippen LogP contribution is 2.44. The van der Waals surface area contributed by atoms with Gasteiger partial charge in [-0.2, -0.15) is 0 Å². The highest BCUT2D eigenvalue weighted by atomic mass is 16.6. The van der Waals surface area contributed by atoms with E-state index in [0.29, 0.717) is 25.7 Å². The van der Waals surface area contributed by atoms with Crippen molar-refractivity contribution >= 4 is 23.9 Å². The third-order valence-electron chi connectivity index (χ3n) is 15.7. The van der Waals surface area contributed by atoms with Gasteiger partial charge in [0.2, 0.25) is 0 Å². The molecule has 0 bridgehead atoms. The minimum absolute atomic E-state index is 0.00262. The van der Waals surface area contributed by atoms with Crippen LogP contribution in [0.15, 0.2) is 48.5 Å². The Balaban J connectivity index is 1.63. The Hall–Kier alpha value is -6.08. The van der Waals surface area contributed by atoms with Crippen molar-refractivity contribution in [2.24, 2.45) is 0 Å². The number of hydrogen-bond donors (Lipinski definition) is 4. The SMILES string of the molecule is CC(C)(C)c1cc(CCC(=O)OCC(COCC(COC(=O)CCc2cc(C(C)(C)C)c(O)c(C(C)(C)C)c2)OC(=O)CCc2cc(C(C)(C)C)c(O)c(C(C)(C)C)c2)OC(=O)CCc2cc(C(C)(C)C)c(O)c(C(C)(C)C)c2)cc(C(C)(C)C)c1O. The summed E-state index contributed by atoms with van der Waals surface area (Å²) in [6, 6.07) is 15.4. The normalized spacial score (nSPS) is 13.7. The van der Waals surface area contributed by atoms with Gasteiger partial charge in [-0.25, -0.2) is 0 Å². The number of carbonyl (C=O) groups excluding carboxylic acids is 4. The highest BCUT2D eigenvalue weighted by Gasteiger charge is 2.32.